The number of fused-ring (bicyclic) bond motifs is 2. The number of carbonyl (C=O) groups excluding carboxylic acids is 1. The van der Waals surface area contributed by atoms with Crippen molar-refractivity contribution in [1.29, 1.82) is 0 Å². The Morgan fingerprint density at radius 1 is 1.07 bits per heavy atom. The number of rotatable bonds is 7. The normalized spacial score (nSPS) is 25.3. The van der Waals surface area contributed by atoms with Crippen LogP contribution in [0.3, 0.4) is 0 Å². The molecule has 1 unspecified atom stereocenters. The first-order valence-electron chi connectivity index (χ1n) is 16.7. The average Bonchev–Trinajstić information content (AvgIpc) is 3.71. The summed E-state index contributed by atoms with van der Waals surface area (Å²) in [7, 11) is 0. The van der Waals surface area contributed by atoms with Gasteiger partial charge in [-0.05, 0) is 72.4 Å². The number of amides is 1. The number of hydrogen-bond donors (Lipinski definition) is 1. The fraction of sp³-hybridized carbons (Fsp3) is 0.486. The molecule has 0 bridgehead atoms. The quantitative estimate of drug-likeness (QED) is 0.371. The fourth-order valence-electron chi connectivity index (χ4n) is 7.60. The molecule has 3 aromatic rings. The molecule has 2 aliphatic heterocycles. The van der Waals surface area contributed by atoms with Crippen LogP contribution in [0.25, 0.3) is 11.6 Å². The summed E-state index contributed by atoms with van der Waals surface area (Å²) in [6.45, 7) is 8.57. The molecule has 7 heteroatoms. The van der Waals surface area contributed by atoms with Crippen LogP contribution in [0.2, 0.25) is 0 Å². The lowest BCUT2D eigenvalue weighted by Gasteiger charge is -2.37. The topological polar surface area (TPSA) is 72.9 Å². The molecule has 1 atom stereocenters. The smallest absolute Gasteiger partial charge is 0.324 e. The second-order valence-corrected chi connectivity index (χ2v) is 13.6. The van der Waals surface area contributed by atoms with Crippen molar-refractivity contribution in [2.75, 3.05) is 37.7 Å². The van der Waals surface area contributed by atoms with Crippen LogP contribution < -0.4 is 14.5 Å². The Labute approximate surface area is 261 Å². The van der Waals surface area contributed by atoms with E-state index < -0.39 is 0 Å². The third-order valence-corrected chi connectivity index (χ3v) is 10.5. The Hall–Kier alpha value is -3.71. The summed E-state index contributed by atoms with van der Waals surface area (Å²) in [5.41, 5.74) is 5.55. The zero-order chi connectivity index (χ0) is 30.1. The third kappa shape index (κ3) is 5.86. The summed E-state index contributed by atoms with van der Waals surface area (Å²) in [5, 5.41) is 4.10. The summed E-state index contributed by atoms with van der Waals surface area (Å²) >= 11 is 0. The van der Waals surface area contributed by atoms with Gasteiger partial charge in [0.2, 0.25) is 0 Å². The SMILES string of the molecule is CC(C)c1noc(N2CCC(COc3ccc(C4=CCC(C(=O)[NH+]5CCC6(C=Cc7ccccc76)CC5)CC4)cc3)CC2)n1. The number of carbonyl (C=O) groups is 1. The Morgan fingerprint density at radius 2 is 1.84 bits per heavy atom. The standard InChI is InChI=1S/C37H44N4O3/c1-26(2)34-38-36(44-39-34)41-21-16-27(17-22-41)25-43-32-13-11-29(12-14-32)28-7-9-31(10-8-28)35(42)40-23-19-37(20-24-40)18-15-30-5-3-4-6-33(30)37/h3-7,11-15,18,26-27,31H,8-10,16-17,19-25H2,1-2H3/p+1. The van der Waals surface area contributed by atoms with Gasteiger partial charge in [0.1, 0.15) is 5.75 Å². The van der Waals surface area contributed by atoms with Gasteiger partial charge < -0.3 is 14.2 Å². The summed E-state index contributed by atoms with van der Waals surface area (Å²) in [4.78, 5) is 21.4. The second-order valence-electron chi connectivity index (χ2n) is 13.6. The number of quaternary nitrogens is 1. The van der Waals surface area contributed by atoms with Gasteiger partial charge in [0.05, 0.1) is 25.6 Å². The fourth-order valence-corrected chi connectivity index (χ4v) is 7.60. The van der Waals surface area contributed by atoms with E-state index in [1.807, 2.05) is 0 Å². The number of ether oxygens (including phenoxy) is 1. The largest absolute Gasteiger partial charge is 0.493 e. The number of anilines is 1. The van der Waals surface area contributed by atoms with Gasteiger partial charge >= 0.3 is 11.9 Å². The number of benzene rings is 2. The number of hydrogen-bond acceptors (Lipinski definition) is 6. The number of nitrogens with one attached hydrogen (secondary N) is 1. The van der Waals surface area contributed by atoms with Gasteiger partial charge in [-0.2, -0.15) is 4.98 Å². The number of likely N-dealkylation sites (tertiary alicyclic amines) is 1. The van der Waals surface area contributed by atoms with E-state index in [0.717, 1.165) is 89.3 Å². The molecule has 4 aliphatic rings. The number of allylic oxidation sites excluding steroid dienone is 3. The Kier molecular flexibility index (Phi) is 8.15. The van der Waals surface area contributed by atoms with Crippen LogP contribution >= 0.6 is 0 Å². The van der Waals surface area contributed by atoms with Gasteiger partial charge in [-0.3, -0.25) is 4.90 Å². The minimum atomic E-state index is 0.139. The highest BCUT2D eigenvalue weighted by Crippen LogP contribution is 2.42. The van der Waals surface area contributed by atoms with Crippen molar-refractivity contribution in [3.05, 3.63) is 83.2 Å². The molecule has 44 heavy (non-hydrogen) atoms. The first-order valence-corrected chi connectivity index (χ1v) is 16.7. The zero-order valence-corrected chi connectivity index (χ0v) is 26.1. The highest BCUT2D eigenvalue weighted by Gasteiger charge is 2.42. The van der Waals surface area contributed by atoms with Crippen LogP contribution in [0.1, 0.15) is 87.2 Å². The van der Waals surface area contributed by atoms with E-state index >= 15 is 0 Å². The predicted octanol–water partition coefficient (Wildman–Crippen LogP) is 5.84. The van der Waals surface area contributed by atoms with E-state index in [1.165, 1.54) is 27.2 Å². The number of piperidine rings is 2. The molecule has 1 spiro atoms. The minimum absolute atomic E-state index is 0.139. The lowest BCUT2D eigenvalue weighted by molar-refractivity contribution is -0.829. The molecule has 1 N–H and O–H groups in total. The van der Waals surface area contributed by atoms with Crippen molar-refractivity contribution in [2.24, 2.45) is 11.8 Å². The van der Waals surface area contributed by atoms with Gasteiger partial charge in [-0.15, -0.1) is 0 Å². The molecule has 0 radical (unpaired) electrons. The van der Waals surface area contributed by atoms with Crippen molar-refractivity contribution < 1.29 is 19.0 Å². The van der Waals surface area contributed by atoms with Crippen molar-refractivity contribution in [1.82, 2.24) is 10.1 Å². The number of nitrogens with zero attached hydrogens (tertiary/aromatic N) is 3. The van der Waals surface area contributed by atoms with Crippen molar-refractivity contribution in [3.8, 4) is 5.75 Å². The van der Waals surface area contributed by atoms with E-state index in [2.05, 4.69) is 95.6 Å². The van der Waals surface area contributed by atoms with Gasteiger partial charge in [-0.25, -0.2) is 4.79 Å². The molecule has 3 heterocycles. The monoisotopic (exact) mass is 593 g/mol. The Balaban J connectivity index is 0.861. The van der Waals surface area contributed by atoms with E-state index in [0.29, 0.717) is 17.8 Å². The lowest BCUT2D eigenvalue weighted by atomic mass is 9.74. The Morgan fingerprint density at radius 3 is 2.55 bits per heavy atom. The summed E-state index contributed by atoms with van der Waals surface area (Å²) < 4.78 is 11.7. The molecule has 0 saturated carbocycles. The summed E-state index contributed by atoms with van der Waals surface area (Å²) in [6.07, 6.45) is 14.0. The minimum Gasteiger partial charge on any atom is -0.493 e. The highest BCUT2D eigenvalue weighted by atomic mass is 16.5. The molecular formula is C37H45N4O3+. The third-order valence-electron chi connectivity index (χ3n) is 10.5. The molecule has 230 valence electrons. The summed E-state index contributed by atoms with van der Waals surface area (Å²) in [6, 6.07) is 17.9. The maximum absolute atomic E-state index is 13.5. The zero-order valence-electron chi connectivity index (χ0n) is 26.1. The molecule has 1 amide bonds. The summed E-state index contributed by atoms with van der Waals surface area (Å²) in [5.74, 6) is 3.05. The van der Waals surface area contributed by atoms with E-state index in [4.69, 9.17) is 9.26 Å². The molecular weight excluding hydrogens is 548 g/mol. The molecule has 7 rings (SSSR count). The average molecular weight is 594 g/mol. The maximum atomic E-state index is 13.5. The van der Waals surface area contributed by atoms with Crippen LogP contribution in [0.5, 0.6) is 5.75 Å². The van der Waals surface area contributed by atoms with E-state index in [-0.39, 0.29) is 17.3 Å². The molecule has 2 aromatic carbocycles. The van der Waals surface area contributed by atoms with Crippen molar-refractivity contribution >= 4 is 23.6 Å². The van der Waals surface area contributed by atoms with Crippen LogP contribution in [-0.4, -0.2) is 48.8 Å². The maximum Gasteiger partial charge on any atom is 0.324 e. The molecule has 2 aliphatic carbocycles. The molecule has 2 saturated heterocycles. The van der Waals surface area contributed by atoms with Crippen LogP contribution in [0, 0.1) is 11.8 Å². The van der Waals surface area contributed by atoms with Crippen LogP contribution in [0.15, 0.2) is 65.2 Å². The van der Waals surface area contributed by atoms with Gasteiger partial charge in [0.25, 0.3) is 0 Å². The Bertz CT molecular complexity index is 1520. The van der Waals surface area contributed by atoms with Gasteiger partial charge in [0, 0.05) is 37.3 Å². The highest BCUT2D eigenvalue weighted by molar-refractivity contribution is 5.74. The number of aromatic nitrogens is 2. The van der Waals surface area contributed by atoms with Crippen LogP contribution in [-0.2, 0) is 10.2 Å². The predicted molar refractivity (Wildman–Crippen MR) is 173 cm³/mol. The second kappa shape index (κ2) is 12.4. The molecule has 7 nitrogen and oxygen atoms in total. The van der Waals surface area contributed by atoms with Crippen molar-refractivity contribution in [3.63, 3.8) is 0 Å². The molecule has 2 fully saturated rings. The van der Waals surface area contributed by atoms with Gasteiger partial charge in [0.15, 0.2) is 5.82 Å². The van der Waals surface area contributed by atoms with E-state index in [9.17, 15) is 4.79 Å². The van der Waals surface area contributed by atoms with E-state index in [1.54, 1.807) is 0 Å². The van der Waals surface area contributed by atoms with Crippen LogP contribution in [0.4, 0.5) is 6.01 Å². The van der Waals surface area contributed by atoms with Gasteiger partial charge in [-0.1, -0.05) is 73.6 Å². The molecule has 1 aromatic heterocycles. The van der Waals surface area contributed by atoms with Crippen molar-refractivity contribution in [2.45, 2.75) is 70.1 Å². The first-order chi connectivity index (χ1) is 21.5. The first kappa shape index (κ1) is 29.0. The lowest BCUT2D eigenvalue weighted by Crippen LogP contribution is -3.16.